The molecule has 1 fully saturated rings. The first-order valence-corrected chi connectivity index (χ1v) is 10.5. The van der Waals surface area contributed by atoms with Crippen molar-refractivity contribution < 1.29 is 4.79 Å². The van der Waals surface area contributed by atoms with Crippen LogP contribution in [0.2, 0.25) is 0 Å². The number of carbonyl (C=O) groups excluding carboxylic acids is 1. The number of nitrogens with zero attached hydrogens (tertiary/aromatic N) is 3. The van der Waals surface area contributed by atoms with Crippen molar-refractivity contribution in [3.8, 4) is 0 Å². The highest BCUT2D eigenvalue weighted by atomic mass is 32.1. The molecule has 0 aliphatic carbocycles. The van der Waals surface area contributed by atoms with Crippen molar-refractivity contribution in [2.24, 2.45) is 0 Å². The second-order valence-electron chi connectivity index (χ2n) is 6.56. The number of fused-ring (bicyclic) bond motifs is 1. The van der Waals surface area contributed by atoms with E-state index in [9.17, 15) is 4.79 Å². The Bertz CT molecular complexity index is 896. The zero-order valence-corrected chi connectivity index (χ0v) is 16.2. The minimum atomic E-state index is 0.208. The summed E-state index contributed by atoms with van der Waals surface area (Å²) in [6.07, 6.45) is 1.49. The smallest absolute Gasteiger partial charge is 0.172 e. The molecule has 2 aromatic heterocycles. The van der Waals surface area contributed by atoms with E-state index in [0.29, 0.717) is 11.4 Å². The molecule has 0 spiro atoms. The molecule has 4 rings (SSSR count). The van der Waals surface area contributed by atoms with E-state index in [0.717, 1.165) is 49.8 Å². The van der Waals surface area contributed by atoms with Crippen LogP contribution in [0.1, 0.15) is 22.5 Å². The van der Waals surface area contributed by atoms with Crippen LogP contribution in [-0.2, 0) is 0 Å². The van der Waals surface area contributed by atoms with Crippen LogP contribution in [0.3, 0.4) is 0 Å². The van der Waals surface area contributed by atoms with Crippen LogP contribution in [0.4, 0.5) is 10.8 Å². The second-order valence-corrected chi connectivity index (χ2v) is 8.48. The third-order valence-electron chi connectivity index (χ3n) is 4.81. The summed E-state index contributed by atoms with van der Waals surface area (Å²) in [6, 6.07) is 12.1. The molecule has 3 aromatic rings. The van der Waals surface area contributed by atoms with Gasteiger partial charge in [0.15, 0.2) is 5.78 Å². The molecule has 1 aliphatic rings. The molecular weight excluding hydrogens is 364 g/mol. The molecule has 5 nitrogen and oxygen atoms in total. The van der Waals surface area contributed by atoms with Gasteiger partial charge in [0.2, 0.25) is 0 Å². The molecule has 2 N–H and O–H groups in total. The number of Topliss-reactive ketones (excluding diaryl/α,β-unsaturated/α-hetero) is 1. The number of rotatable bonds is 6. The molecule has 26 heavy (non-hydrogen) atoms. The third-order valence-corrected chi connectivity index (χ3v) is 6.58. The van der Waals surface area contributed by atoms with Crippen molar-refractivity contribution in [3.05, 3.63) is 41.3 Å². The van der Waals surface area contributed by atoms with Crippen molar-refractivity contribution in [1.82, 2.24) is 9.27 Å². The summed E-state index contributed by atoms with van der Waals surface area (Å²) >= 11 is 2.96. The van der Waals surface area contributed by atoms with E-state index in [2.05, 4.69) is 38.4 Å². The minimum Gasteiger partial charge on any atom is -0.391 e. The van der Waals surface area contributed by atoms with Crippen LogP contribution in [0.5, 0.6) is 0 Å². The van der Waals surface area contributed by atoms with Gasteiger partial charge in [-0.15, -0.1) is 11.3 Å². The predicted molar refractivity (Wildman–Crippen MR) is 111 cm³/mol. The van der Waals surface area contributed by atoms with Gasteiger partial charge in [0, 0.05) is 38.0 Å². The van der Waals surface area contributed by atoms with Crippen molar-refractivity contribution in [1.29, 1.82) is 0 Å². The fourth-order valence-corrected chi connectivity index (χ4v) is 4.91. The lowest BCUT2D eigenvalue weighted by Crippen LogP contribution is -2.46. The maximum atomic E-state index is 12.2. The summed E-state index contributed by atoms with van der Waals surface area (Å²) in [5.74, 6) is 1.33. The fourth-order valence-electron chi connectivity index (χ4n) is 3.37. The first-order valence-electron chi connectivity index (χ1n) is 8.91. The monoisotopic (exact) mass is 386 g/mol. The number of nitrogens with two attached hydrogens (primary N) is 1. The zero-order valence-electron chi connectivity index (χ0n) is 14.6. The second kappa shape index (κ2) is 7.73. The summed E-state index contributed by atoms with van der Waals surface area (Å²) in [5, 5.41) is 1.96. The number of carbonyl (C=O) groups is 1. The largest absolute Gasteiger partial charge is 0.391 e. The Morgan fingerprint density at radius 3 is 2.69 bits per heavy atom. The summed E-state index contributed by atoms with van der Waals surface area (Å²) in [5.41, 5.74) is 5.70. The molecule has 0 amide bonds. The molecule has 1 aromatic carbocycles. The number of benzene rings is 1. The van der Waals surface area contributed by atoms with Crippen LogP contribution in [0.15, 0.2) is 36.4 Å². The molecule has 1 saturated heterocycles. The Balaban J connectivity index is 1.25. The van der Waals surface area contributed by atoms with Gasteiger partial charge in [-0.3, -0.25) is 9.69 Å². The summed E-state index contributed by atoms with van der Waals surface area (Å²) in [4.78, 5) is 17.8. The van der Waals surface area contributed by atoms with Gasteiger partial charge in [0.05, 0.1) is 14.6 Å². The Hall–Kier alpha value is -1.96. The first kappa shape index (κ1) is 17.5. The zero-order chi connectivity index (χ0) is 17.9. The molecule has 0 unspecified atom stereocenters. The van der Waals surface area contributed by atoms with Crippen LogP contribution < -0.4 is 10.6 Å². The minimum absolute atomic E-state index is 0.208. The molecule has 7 heteroatoms. The maximum Gasteiger partial charge on any atom is 0.172 e. The Morgan fingerprint density at radius 2 is 1.92 bits per heavy atom. The molecular formula is C19H22N4OS2. The van der Waals surface area contributed by atoms with Gasteiger partial charge < -0.3 is 10.6 Å². The lowest BCUT2D eigenvalue weighted by Gasteiger charge is -2.35. The fraction of sp³-hybridized carbons (Fsp3) is 0.368. The Kier molecular flexibility index (Phi) is 5.19. The predicted octanol–water partition coefficient (Wildman–Crippen LogP) is 3.73. The van der Waals surface area contributed by atoms with E-state index in [4.69, 9.17) is 5.73 Å². The maximum absolute atomic E-state index is 12.2. The Labute approximate surface area is 161 Å². The highest BCUT2D eigenvalue weighted by molar-refractivity contribution is 7.17. The average molecular weight is 387 g/mol. The molecule has 0 saturated carbocycles. The van der Waals surface area contributed by atoms with Crippen LogP contribution >= 0.6 is 22.9 Å². The topological polar surface area (TPSA) is 62.5 Å². The molecule has 3 heterocycles. The highest BCUT2D eigenvalue weighted by Gasteiger charge is 2.20. The SMILES string of the molecule is Nc1ccc(C(=O)CCCN2CCN(c3nsc4ccccc34)CC2)s1. The number of ketones is 1. The number of anilines is 2. The molecule has 1 aliphatic heterocycles. The Morgan fingerprint density at radius 1 is 1.12 bits per heavy atom. The average Bonchev–Trinajstić information content (AvgIpc) is 3.29. The first-order chi connectivity index (χ1) is 12.7. The van der Waals surface area contributed by atoms with E-state index < -0.39 is 0 Å². The van der Waals surface area contributed by atoms with E-state index in [1.807, 2.05) is 6.07 Å². The summed E-state index contributed by atoms with van der Waals surface area (Å²) < 4.78 is 5.91. The number of hydrogen-bond donors (Lipinski definition) is 1. The van der Waals surface area contributed by atoms with Crippen molar-refractivity contribution in [2.75, 3.05) is 43.4 Å². The molecule has 0 atom stereocenters. The van der Waals surface area contributed by atoms with Gasteiger partial charge in [-0.1, -0.05) is 12.1 Å². The van der Waals surface area contributed by atoms with E-state index in [1.165, 1.54) is 21.4 Å². The van der Waals surface area contributed by atoms with E-state index in [1.54, 1.807) is 17.6 Å². The molecule has 136 valence electrons. The number of nitrogen functional groups attached to an aromatic ring is 1. The van der Waals surface area contributed by atoms with Crippen LogP contribution in [0, 0.1) is 0 Å². The quantitative estimate of drug-likeness (QED) is 0.654. The number of hydrogen-bond acceptors (Lipinski definition) is 7. The molecule has 0 bridgehead atoms. The lowest BCUT2D eigenvalue weighted by molar-refractivity contribution is 0.0978. The van der Waals surface area contributed by atoms with Gasteiger partial charge in [0.1, 0.15) is 5.82 Å². The van der Waals surface area contributed by atoms with Gasteiger partial charge in [0.25, 0.3) is 0 Å². The summed E-state index contributed by atoms with van der Waals surface area (Å²) in [7, 11) is 0. The van der Waals surface area contributed by atoms with Gasteiger partial charge in [-0.2, -0.15) is 4.37 Å². The van der Waals surface area contributed by atoms with Crippen LogP contribution in [-0.4, -0.2) is 47.8 Å². The van der Waals surface area contributed by atoms with E-state index >= 15 is 0 Å². The number of thiophene rings is 1. The van der Waals surface area contributed by atoms with Crippen molar-refractivity contribution in [3.63, 3.8) is 0 Å². The van der Waals surface area contributed by atoms with Gasteiger partial charge >= 0.3 is 0 Å². The normalized spacial score (nSPS) is 15.6. The highest BCUT2D eigenvalue weighted by Crippen LogP contribution is 2.29. The van der Waals surface area contributed by atoms with Crippen molar-refractivity contribution >= 4 is 49.6 Å². The standard InChI is InChI=1S/C19H22N4OS2/c20-18-8-7-17(25-18)15(24)5-3-9-22-10-12-23(13-11-22)19-14-4-1-2-6-16(14)26-21-19/h1-2,4,6-8H,3,5,9-13,20H2. The van der Waals surface area contributed by atoms with Gasteiger partial charge in [-0.05, 0) is 48.8 Å². The number of piperazine rings is 1. The molecule has 0 radical (unpaired) electrons. The van der Waals surface area contributed by atoms with Gasteiger partial charge in [-0.25, -0.2) is 0 Å². The van der Waals surface area contributed by atoms with Crippen molar-refractivity contribution in [2.45, 2.75) is 12.8 Å². The lowest BCUT2D eigenvalue weighted by atomic mass is 10.1. The van der Waals surface area contributed by atoms with Crippen LogP contribution in [0.25, 0.3) is 10.1 Å². The number of aromatic nitrogens is 1. The summed E-state index contributed by atoms with van der Waals surface area (Å²) in [6.45, 7) is 4.99. The third kappa shape index (κ3) is 3.75. The van der Waals surface area contributed by atoms with E-state index in [-0.39, 0.29) is 5.78 Å².